The molecule has 2 amide bonds. The maximum Gasteiger partial charge on any atom is 0.416 e. The second-order valence-electron chi connectivity index (χ2n) is 6.39. The number of nitrogens with zero attached hydrogens (tertiary/aromatic N) is 2. The van der Waals surface area contributed by atoms with E-state index < -0.39 is 28.7 Å². The molecule has 11 heteroatoms. The fourth-order valence-electron chi connectivity index (χ4n) is 3.03. The molecule has 154 valence electrons. The molecule has 0 unspecified atom stereocenters. The molecule has 1 saturated heterocycles. The van der Waals surface area contributed by atoms with Gasteiger partial charge in [0.05, 0.1) is 28.7 Å². The largest absolute Gasteiger partial charge is 0.416 e. The van der Waals surface area contributed by atoms with Gasteiger partial charge in [-0.25, -0.2) is 4.39 Å². The van der Waals surface area contributed by atoms with E-state index in [1.807, 2.05) is 0 Å². The first-order chi connectivity index (χ1) is 14.1. The van der Waals surface area contributed by atoms with Crippen LogP contribution in [0.25, 0.3) is 17.0 Å². The van der Waals surface area contributed by atoms with Gasteiger partial charge < -0.3 is 0 Å². The molecule has 0 atom stereocenters. The van der Waals surface area contributed by atoms with Crippen LogP contribution in [-0.2, 0) is 17.5 Å². The minimum absolute atomic E-state index is 0.0432. The molecule has 0 spiro atoms. The normalized spacial score (nSPS) is 16.0. The summed E-state index contributed by atoms with van der Waals surface area (Å²) in [6.07, 6.45) is -1.99. The number of hydrogen-bond acceptors (Lipinski definition) is 4. The fraction of sp³-hybridized carbons (Fsp3) is 0.105. The lowest BCUT2D eigenvalue weighted by Gasteiger charge is -2.14. The van der Waals surface area contributed by atoms with Gasteiger partial charge in [0.25, 0.3) is 11.1 Å². The van der Waals surface area contributed by atoms with E-state index in [9.17, 15) is 27.2 Å². The number of carbonyl (C=O) groups excluding carboxylic acids is 2. The number of aromatic nitrogens is 2. The Morgan fingerprint density at radius 2 is 1.97 bits per heavy atom. The SMILES string of the molecule is O=C1NC(=O)C(=Cc2cc3cnn(Cc4ccc(Cl)cc4C(F)(F)F)c3cc2F)S1. The molecule has 3 aromatic rings. The Labute approximate surface area is 175 Å². The van der Waals surface area contributed by atoms with Gasteiger partial charge in [-0.15, -0.1) is 0 Å². The van der Waals surface area contributed by atoms with E-state index in [0.717, 1.165) is 12.1 Å². The molecule has 2 heterocycles. The lowest BCUT2D eigenvalue weighted by Crippen LogP contribution is -2.17. The molecule has 0 bridgehead atoms. The van der Waals surface area contributed by atoms with Gasteiger partial charge in [0, 0.05) is 22.0 Å². The maximum atomic E-state index is 14.6. The van der Waals surface area contributed by atoms with Crippen LogP contribution in [0, 0.1) is 5.82 Å². The predicted octanol–water partition coefficient (Wildman–Crippen LogP) is 5.22. The van der Waals surface area contributed by atoms with Crippen molar-refractivity contribution >= 4 is 51.5 Å². The van der Waals surface area contributed by atoms with Gasteiger partial charge in [0.2, 0.25) is 0 Å². The molecular formula is C19H10ClF4N3O2S. The third-order valence-electron chi connectivity index (χ3n) is 4.39. The number of imide groups is 1. The molecule has 0 radical (unpaired) electrons. The fourth-order valence-corrected chi connectivity index (χ4v) is 3.87. The number of thioether (sulfide) groups is 1. The summed E-state index contributed by atoms with van der Waals surface area (Å²) in [5.41, 5.74) is -0.635. The summed E-state index contributed by atoms with van der Waals surface area (Å²) in [5.74, 6) is -1.33. The maximum absolute atomic E-state index is 14.6. The van der Waals surface area contributed by atoms with Crippen LogP contribution in [0.1, 0.15) is 16.7 Å². The molecule has 1 aliphatic rings. The average Bonchev–Trinajstić information content (AvgIpc) is 3.18. The second kappa shape index (κ2) is 7.44. The van der Waals surface area contributed by atoms with Gasteiger partial charge in [-0.2, -0.15) is 18.3 Å². The van der Waals surface area contributed by atoms with Gasteiger partial charge in [0.1, 0.15) is 5.82 Å². The van der Waals surface area contributed by atoms with Crippen molar-refractivity contribution < 1.29 is 27.2 Å². The number of halogens is 5. The van der Waals surface area contributed by atoms with E-state index in [0.29, 0.717) is 17.1 Å². The van der Waals surface area contributed by atoms with Crippen LogP contribution < -0.4 is 5.32 Å². The number of alkyl halides is 3. The molecule has 1 fully saturated rings. The lowest BCUT2D eigenvalue weighted by molar-refractivity contribution is -0.138. The Balaban J connectivity index is 1.72. The molecule has 1 N–H and O–H groups in total. The highest BCUT2D eigenvalue weighted by Crippen LogP contribution is 2.35. The van der Waals surface area contributed by atoms with E-state index in [4.69, 9.17) is 11.6 Å². The molecule has 4 rings (SSSR count). The van der Waals surface area contributed by atoms with Crippen molar-refractivity contribution in [2.75, 3.05) is 0 Å². The smallest absolute Gasteiger partial charge is 0.282 e. The summed E-state index contributed by atoms with van der Waals surface area (Å²) in [6, 6.07) is 5.95. The minimum Gasteiger partial charge on any atom is -0.282 e. The minimum atomic E-state index is -4.61. The first-order valence-electron chi connectivity index (χ1n) is 8.37. The number of benzene rings is 2. The summed E-state index contributed by atoms with van der Waals surface area (Å²) in [5, 5.41) is 6.00. The van der Waals surface area contributed by atoms with Crippen LogP contribution in [0.5, 0.6) is 0 Å². The van der Waals surface area contributed by atoms with Crippen molar-refractivity contribution in [2.24, 2.45) is 0 Å². The summed E-state index contributed by atoms with van der Waals surface area (Å²) in [7, 11) is 0. The monoisotopic (exact) mass is 455 g/mol. The van der Waals surface area contributed by atoms with Crippen molar-refractivity contribution in [3.05, 3.63) is 69.0 Å². The summed E-state index contributed by atoms with van der Waals surface area (Å²) in [6.45, 7) is -0.248. The molecule has 5 nitrogen and oxygen atoms in total. The molecular weight excluding hydrogens is 446 g/mol. The number of carbonyl (C=O) groups is 2. The third-order valence-corrected chi connectivity index (χ3v) is 5.43. The Hall–Kier alpha value is -2.85. The Morgan fingerprint density at radius 3 is 2.63 bits per heavy atom. The highest BCUT2D eigenvalue weighted by atomic mass is 35.5. The van der Waals surface area contributed by atoms with Crippen LogP contribution in [0.4, 0.5) is 22.4 Å². The van der Waals surface area contributed by atoms with Gasteiger partial charge in [0.15, 0.2) is 0 Å². The Kier molecular flexibility index (Phi) is 5.07. The molecule has 1 aliphatic heterocycles. The van der Waals surface area contributed by atoms with Crippen LogP contribution >= 0.6 is 23.4 Å². The zero-order valence-corrected chi connectivity index (χ0v) is 16.3. The van der Waals surface area contributed by atoms with E-state index in [1.54, 1.807) is 0 Å². The van der Waals surface area contributed by atoms with Crippen molar-refractivity contribution in [1.29, 1.82) is 0 Å². The highest BCUT2D eigenvalue weighted by molar-refractivity contribution is 8.18. The van der Waals surface area contributed by atoms with Crippen molar-refractivity contribution in [3.8, 4) is 0 Å². The van der Waals surface area contributed by atoms with Gasteiger partial charge in [-0.3, -0.25) is 19.6 Å². The first kappa shape index (κ1) is 20.4. The van der Waals surface area contributed by atoms with E-state index >= 15 is 0 Å². The van der Waals surface area contributed by atoms with Gasteiger partial charge in [-0.05, 0) is 41.6 Å². The number of fused-ring (bicyclic) bond motifs is 1. The summed E-state index contributed by atoms with van der Waals surface area (Å²) < 4.78 is 55.8. The topological polar surface area (TPSA) is 64.0 Å². The standard InChI is InChI=1S/C19H10ClF4N3O2S/c20-12-2-1-9(13(5-12)19(22,23)24)8-27-15-6-14(21)10(3-11(15)7-25-27)4-16-17(28)26-18(29)30-16/h1-7H,8H2,(H,26,28,29). The van der Waals surface area contributed by atoms with Gasteiger partial charge >= 0.3 is 6.18 Å². The summed E-state index contributed by atoms with van der Waals surface area (Å²) in [4.78, 5) is 22.9. The van der Waals surface area contributed by atoms with E-state index in [1.165, 1.54) is 35.2 Å². The van der Waals surface area contributed by atoms with E-state index in [2.05, 4.69) is 10.4 Å². The van der Waals surface area contributed by atoms with Gasteiger partial charge in [-0.1, -0.05) is 17.7 Å². The van der Waals surface area contributed by atoms with E-state index in [-0.39, 0.29) is 33.1 Å². The number of hydrogen-bond donors (Lipinski definition) is 1. The zero-order valence-electron chi connectivity index (χ0n) is 14.8. The predicted molar refractivity (Wildman–Crippen MR) is 104 cm³/mol. The Bertz CT molecular complexity index is 1240. The number of amides is 2. The molecule has 30 heavy (non-hydrogen) atoms. The number of rotatable bonds is 3. The first-order valence-corrected chi connectivity index (χ1v) is 9.57. The highest BCUT2D eigenvalue weighted by Gasteiger charge is 2.33. The van der Waals surface area contributed by atoms with Crippen LogP contribution in [0.15, 0.2) is 41.4 Å². The van der Waals surface area contributed by atoms with Crippen molar-refractivity contribution in [3.63, 3.8) is 0 Å². The van der Waals surface area contributed by atoms with Crippen LogP contribution in [-0.4, -0.2) is 20.9 Å². The molecule has 0 saturated carbocycles. The molecule has 0 aliphatic carbocycles. The summed E-state index contributed by atoms with van der Waals surface area (Å²) >= 11 is 6.35. The zero-order chi connectivity index (χ0) is 21.6. The van der Waals surface area contributed by atoms with Crippen LogP contribution in [0.2, 0.25) is 5.02 Å². The third kappa shape index (κ3) is 3.92. The second-order valence-corrected chi connectivity index (χ2v) is 7.84. The molecule has 2 aromatic carbocycles. The number of nitrogens with one attached hydrogen (secondary N) is 1. The lowest BCUT2D eigenvalue weighted by atomic mass is 10.1. The Morgan fingerprint density at radius 1 is 1.20 bits per heavy atom. The quantitative estimate of drug-likeness (QED) is 0.434. The van der Waals surface area contributed by atoms with Crippen molar-refractivity contribution in [1.82, 2.24) is 15.1 Å². The van der Waals surface area contributed by atoms with Crippen molar-refractivity contribution in [2.45, 2.75) is 12.7 Å². The van der Waals surface area contributed by atoms with Crippen LogP contribution in [0.3, 0.4) is 0 Å². The average molecular weight is 456 g/mol. The molecule has 1 aromatic heterocycles.